The molecule has 6 heteroatoms. The number of hydrogen-bond acceptors (Lipinski definition) is 3. The zero-order valence-electron chi connectivity index (χ0n) is 11.6. The molecular weight excluding hydrogens is 283 g/mol. The quantitative estimate of drug-likeness (QED) is 0.878. The molecule has 110 valence electrons. The van der Waals surface area contributed by atoms with E-state index in [2.05, 4.69) is 5.32 Å². The minimum Gasteiger partial charge on any atom is -0.383 e. The van der Waals surface area contributed by atoms with Gasteiger partial charge in [-0.3, -0.25) is 9.69 Å². The molecule has 0 aromatic heterocycles. The van der Waals surface area contributed by atoms with Crippen molar-refractivity contribution in [2.45, 2.75) is 18.4 Å². The fourth-order valence-corrected chi connectivity index (χ4v) is 2.37. The van der Waals surface area contributed by atoms with Crippen molar-refractivity contribution < 1.29 is 13.9 Å². The molecule has 0 bridgehead atoms. The number of hydrogen-bond donors (Lipinski definition) is 1. The molecule has 1 aliphatic rings. The van der Waals surface area contributed by atoms with E-state index in [1.54, 1.807) is 7.11 Å². The van der Waals surface area contributed by atoms with E-state index in [1.165, 1.54) is 18.2 Å². The van der Waals surface area contributed by atoms with E-state index in [9.17, 15) is 9.18 Å². The number of amides is 1. The molecule has 0 spiro atoms. The summed E-state index contributed by atoms with van der Waals surface area (Å²) < 4.78 is 18.8. The monoisotopic (exact) mass is 300 g/mol. The lowest BCUT2D eigenvalue weighted by molar-refractivity contribution is -0.118. The van der Waals surface area contributed by atoms with E-state index >= 15 is 0 Å². The Bertz CT molecular complexity index is 506. The Hall–Kier alpha value is -1.17. The van der Waals surface area contributed by atoms with Gasteiger partial charge in [-0.05, 0) is 38.1 Å². The Morgan fingerprint density at radius 1 is 1.55 bits per heavy atom. The maximum absolute atomic E-state index is 13.6. The first-order chi connectivity index (χ1) is 9.47. The van der Waals surface area contributed by atoms with E-state index < -0.39 is 5.82 Å². The zero-order chi connectivity index (χ0) is 14.8. The van der Waals surface area contributed by atoms with Crippen molar-refractivity contribution in [2.75, 3.05) is 32.6 Å². The van der Waals surface area contributed by atoms with Crippen LogP contribution in [0.25, 0.3) is 0 Å². The number of methoxy groups -OCH3 is 1. The first-order valence-electron chi connectivity index (χ1n) is 6.42. The second-order valence-corrected chi connectivity index (χ2v) is 5.62. The summed E-state index contributed by atoms with van der Waals surface area (Å²) in [6, 6.07) is 4.17. The molecule has 1 saturated carbocycles. The number of carbonyl (C=O) groups excluding carboxylic acids is 1. The van der Waals surface area contributed by atoms with Crippen LogP contribution >= 0.6 is 11.6 Å². The van der Waals surface area contributed by atoms with Crippen LogP contribution in [0.4, 0.5) is 10.1 Å². The first-order valence-corrected chi connectivity index (χ1v) is 6.80. The summed E-state index contributed by atoms with van der Waals surface area (Å²) in [7, 11) is 3.53. The molecule has 20 heavy (non-hydrogen) atoms. The Kier molecular flexibility index (Phi) is 4.62. The van der Waals surface area contributed by atoms with E-state index in [-0.39, 0.29) is 23.7 Å². The van der Waals surface area contributed by atoms with Crippen LogP contribution in [-0.2, 0) is 9.53 Å². The average molecular weight is 301 g/mol. The number of nitrogens with one attached hydrogen (secondary N) is 1. The minimum absolute atomic E-state index is 0.0371. The summed E-state index contributed by atoms with van der Waals surface area (Å²) >= 11 is 5.67. The molecule has 0 saturated heterocycles. The number of carbonyl (C=O) groups is 1. The highest BCUT2D eigenvalue weighted by Gasteiger charge is 2.46. The van der Waals surface area contributed by atoms with Gasteiger partial charge in [-0.1, -0.05) is 11.6 Å². The summed E-state index contributed by atoms with van der Waals surface area (Å²) in [5.41, 5.74) is 0.106. The van der Waals surface area contributed by atoms with E-state index in [0.29, 0.717) is 11.6 Å². The van der Waals surface area contributed by atoms with Gasteiger partial charge in [0.2, 0.25) is 5.91 Å². The van der Waals surface area contributed by atoms with Gasteiger partial charge < -0.3 is 10.1 Å². The van der Waals surface area contributed by atoms with Gasteiger partial charge in [-0.25, -0.2) is 4.39 Å². The molecule has 0 aliphatic heterocycles. The van der Waals surface area contributed by atoms with E-state index in [0.717, 1.165) is 12.8 Å². The maximum atomic E-state index is 13.6. The summed E-state index contributed by atoms with van der Waals surface area (Å²) in [6.45, 7) is 0.803. The van der Waals surface area contributed by atoms with Crippen molar-refractivity contribution >= 4 is 23.2 Å². The van der Waals surface area contributed by atoms with E-state index in [1.807, 2.05) is 11.9 Å². The number of benzene rings is 1. The fourth-order valence-electron chi connectivity index (χ4n) is 2.21. The average Bonchev–Trinajstić information content (AvgIpc) is 3.14. The van der Waals surface area contributed by atoms with Crippen LogP contribution in [0.1, 0.15) is 12.8 Å². The lowest BCUT2D eigenvalue weighted by Crippen LogP contribution is -2.42. The Labute approximate surface area is 122 Å². The van der Waals surface area contributed by atoms with Crippen LogP contribution in [0.2, 0.25) is 5.02 Å². The Morgan fingerprint density at radius 3 is 2.80 bits per heavy atom. The van der Waals surface area contributed by atoms with Crippen molar-refractivity contribution in [2.24, 2.45) is 0 Å². The molecule has 0 heterocycles. The largest absolute Gasteiger partial charge is 0.383 e. The van der Waals surface area contributed by atoms with Gasteiger partial charge in [0.05, 0.1) is 18.8 Å². The molecule has 0 unspecified atom stereocenters. The molecule has 1 N–H and O–H groups in total. The van der Waals surface area contributed by atoms with Gasteiger partial charge in [0, 0.05) is 17.7 Å². The highest BCUT2D eigenvalue weighted by Crippen LogP contribution is 2.40. The number of rotatable bonds is 6. The van der Waals surface area contributed by atoms with Crippen LogP contribution in [0, 0.1) is 5.82 Å². The van der Waals surface area contributed by atoms with Crippen molar-refractivity contribution in [3.63, 3.8) is 0 Å². The summed E-state index contributed by atoms with van der Waals surface area (Å²) in [5, 5.41) is 2.86. The molecule has 1 aromatic carbocycles. The van der Waals surface area contributed by atoms with Gasteiger partial charge >= 0.3 is 0 Å². The molecule has 2 rings (SSSR count). The van der Waals surface area contributed by atoms with Gasteiger partial charge in [0.15, 0.2) is 0 Å². The standard InChI is InChI=1S/C14H18ClFN2O2/c1-18(14(5-6-14)9-20-2)8-13(19)17-12-4-3-10(15)7-11(12)16/h3-4,7H,5-6,8-9H2,1-2H3,(H,17,19). The summed E-state index contributed by atoms with van der Waals surface area (Å²) in [6.07, 6.45) is 2.03. The summed E-state index contributed by atoms with van der Waals surface area (Å²) in [4.78, 5) is 13.9. The highest BCUT2D eigenvalue weighted by molar-refractivity contribution is 6.30. The number of nitrogens with zero attached hydrogens (tertiary/aromatic N) is 1. The number of likely N-dealkylation sites (N-methyl/N-ethyl adjacent to an activating group) is 1. The molecule has 0 radical (unpaired) electrons. The zero-order valence-corrected chi connectivity index (χ0v) is 12.3. The van der Waals surface area contributed by atoms with Crippen molar-refractivity contribution in [1.82, 2.24) is 4.90 Å². The summed E-state index contributed by atoms with van der Waals surface area (Å²) in [5.74, 6) is -0.789. The predicted molar refractivity (Wildman–Crippen MR) is 76.5 cm³/mol. The topological polar surface area (TPSA) is 41.6 Å². The number of halogens is 2. The maximum Gasteiger partial charge on any atom is 0.238 e. The Balaban J connectivity index is 1.92. The highest BCUT2D eigenvalue weighted by atomic mass is 35.5. The second-order valence-electron chi connectivity index (χ2n) is 5.19. The molecule has 1 aromatic rings. The van der Waals surface area contributed by atoms with E-state index in [4.69, 9.17) is 16.3 Å². The van der Waals surface area contributed by atoms with Crippen molar-refractivity contribution in [3.8, 4) is 0 Å². The fraction of sp³-hybridized carbons (Fsp3) is 0.500. The lowest BCUT2D eigenvalue weighted by Gasteiger charge is -2.26. The second kappa shape index (κ2) is 6.08. The van der Waals surface area contributed by atoms with Gasteiger partial charge in [0.1, 0.15) is 5.82 Å². The minimum atomic E-state index is -0.536. The predicted octanol–water partition coefficient (Wildman–Crippen LogP) is 2.53. The first kappa shape index (κ1) is 15.2. The third kappa shape index (κ3) is 3.48. The van der Waals surface area contributed by atoms with Crippen LogP contribution in [0.3, 0.4) is 0 Å². The molecule has 1 aliphatic carbocycles. The normalized spacial score (nSPS) is 16.2. The van der Waals surface area contributed by atoms with Crippen LogP contribution in [0.15, 0.2) is 18.2 Å². The van der Waals surface area contributed by atoms with Crippen LogP contribution < -0.4 is 5.32 Å². The number of ether oxygens (including phenoxy) is 1. The van der Waals surface area contributed by atoms with Crippen molar-refractivity contribution in [3.05, 3.63) is 29.0 Å². The van der Waals surface area contributed by atoms with Crippen molar-refractivity contribution in [1.29, 1.82) is 0 Å². The van der Waals surface area contributed by atoms with Gasteiger partial charge in [-0.15, -0.1) is 0 Å². The molecular formula is C14H18ClFN2O2. The van der Waals surface area contributed by atoms with Crippen LogP contribution in [0.5, 0.6) is 0 Å². The lowest BCUT2D eigenvalue weighted by atomic mass is 10.2. The molecule has 1 amide bonds. The Morgan fingerprint density at radius 2 is 2.25 bits per heavy atom. The SMILES string of the molecule is COCC1(N(C)CC(=O)Nc2ccc(Cl)cc2F)CC1. The number of anilines is 1. The van der Waals surface area contributed by atoms with Gasteiger partial charge in [-0.2, -0.15) is 0 Å². The third-order valence-electron chi connectivity index (χ3n) is 3.64. The third-order valence-corrected chi connectivity index (χ3v) is 3.87. The molecule has 4 nitrogen and oxygen atoms in total. The van der Waals surface area contributed by atoms with Gasteiger partial charge in [0.25, 0.3) is 0 Å². The molecule has 0 atom stereocenters. The smallest absolute Gasteiger partial charge is 0.238 e. The van der Waals surface area contributed by atoms with Crippen LogP contribution in [-0.4, -0.2) is 43.7 Å². The molecule has 1 fully saturated rings.